The minimum atomic E-state index is -0.413. The molecule has 0 aromatic heterocycles. The molecule has 1 N–H and O–H groups in total. The van der Waals surface area contributed by atoms with Crippen molar-refractivity contribution in [3.63, 3.8) is 0 Å². The molecule has 41 heavy (non-hydrogen) atoms. The van der Waals surface area contributed by atoms with Crippen LogP contribution < -0.4 is 19.9 Å². The van der Waals surface area contributed by atoms with Gasteiger partial charge in [0.1, 0.15) is 11.4 Å². The molecule has 2 saturated heterocycles. The molecule has 0 saturated carbocycles. The number of carbonyl (C=O) groups is 2. The highest BCUT2D eigenvalue weighted by Gasteiger charge is 2.25. The number of nitro benzene ring substituents is 1. The van der Waals surface area contributed by atoms with Gasteiger partial charge in [0.2, 0.25) is 0 Å². The Balaban J connectivity index is 1.18. The van der Waals surface area contributed by atoms with Crippen LogP contribution in [0.3, 0.4) is 0 Å². The fourth-order valence-electron chi connectivity index (χ4n) is 5.37. The molecular formula is C31H35N5O5. The molecule has 214 valence electrons. The summed E-state index contributed by atoms with van der Waals surface area (Å²) in [4.78, 5) is 43.3. The van der Waals surface area contributed by atoms with Gasteiger partial charge < -0.3 is 24.8 Å². The van der Waals surface area contributed by atoms with Gasteiger partial charge in [0, 0.05) is 67.8 Å². The lowest BCUT2D eigenvalue weighted by atomic mass is 9.98. The Morgan fingerprint density at radius 3 is 2.10 bits per heavy atom. The molecular weight excluding hydrogens is 522 g/mol. The summed E-state index contributed by atoms with van der Waals surface area (Å²) >= 11 is 0. The van der Waals surface area contributed by atoms with E-state index in [1.54, 1.807) is 43.5 Å². The minimum absolute atomic E-state index is 0.00385. The zero-order valence-corrected chi connectivity index (χ0v) is 23.4. The second-order valence-electron chi connectivity index (χ2n) is 10.6. The van der Waals surface area contributed by atoms with E-state index in [1.165, 1.54) is 6.07 Å². The van der Waals surface area contributed by atoms with Gasteiger partial charge >= 0.3 is 0 Å². The van der Waals surface area contributed by atoms with Crippen LogP contribution in [0.25, 0.3) is 0 Å². The average molecular weight is 558 g/mol. The highest BCUT2D eigenvalue weighted by atomic mass is 16.6. The molecule has 0 aliphatic carbocycles. The number of nitro groups is 1. The normalized spacial score (nSPS) is 15.9. The van der Waals surface area contributed by atoms with E-state index >= 15 is 0 Å². The van der Waals surface area contributed by atoms with Crippen LogP contribution in [0.15, 0.2) is 66.7 Å². The molecule has 2 fully saturated rings. The number of amides is 2. The summed E-state index contributed by atoms with van der Waals surface area (Å²) in [6, 6.07) is 19.3. The summed E-state index contributed by atoms with van der Waals surface area (Å²) in [6.07, 6.45) is 1.99. The van der Waals surface area contributed by atoms with Crippen molar-refractivity contribution in [2.45, 2.75) is 19.8 Å². The van der Waals surface area contributed by atoms with Crippen LogP contribution in [0.1, 0.15) is 40.5 Å². The largest absolute Gasteiger partial charge is 0.497 e. The van der Waals surface area contributed by atoms with Crippen LogP contribution in [0.5, 0.6) is 5.75 Å². The van der Waals surface area contributed by atoms with Crippen molar-refractivity contribution < 1.29 is 19.2 Å². The van der Waals surface area contributed by atoms with Crippen molar-refractivity contribution in [3.8, 4) is 5.75 Å². The Morgan fingerprint density at radius 1 is 0.854 bits per heavy atom. The number of methoxy groups -OCH3 is 1. The van der Waals surface area contributed by atoms with Gasteiger partial charge in [0.05, 0.1) is 12.0 Å². The standard InChI is InChI=1S/C31H35N5O5/c1-22-13-15-34(16-14-22)28-12-5-24(21-29(28)36(39)40)30(37)32-25-6-8-26(9-7-25)33-17-19-35(20-18-33)31(38)23-3-10-27(41-2)11-4-23/h3-12,21-22H,13-20H2,1-2H3,(H,32,37). The Kier molecular flexibility index (Phi) is 8.37. The van der Waals surface area contributed by atoms with Gasteiger partial charge in [-0.1, -0.05) is 6.92 Å². The lowest BCUT2D eigenvalue weighted by molar-refractivity contribution is -0.384. The molecule has 0 unspecified atom stereocenters. The van der Waals surface area contributed by atoms with Crippen LogP contribution in [-0.2, 0) is 0 Å². The molecule has 0 atom stereocenters. The number of hydrogen-bond donors (Lipinski definition) is 1. The molecule has 3 aromatic carbocycles. The maximum atomic E-state index is 13.0. The molecule has 0 bridgehead atoms. The first-order chi connectivity index (χ1) is 19.8. The summed E-state index contributed by atoms with van der Waals surface area (Å²) in [6.45, 7) is 6.34. The lowest BCUT2D eigenvalue weighted by Crippen LogP contribution is -2.48. The number of carbonyl (C=O) groups excluding carboxylic acids is 2. The summed E-state index contributed by atoms with van der Waals surface area (Å²) in [5, 5.41) is 14.7. The second-order valence-corrected chi connectivity index (χ2v) is 10.6. The topological polar surface area (TPSA) is 108 Å². The van der Waals surface area contributed by atoms with E-state index in [0.29, 0.717) is 54.8 Å². The number of ether oxygens (including phenoxy) is 1. The molecule has 10 heteroatoms. The molecule has 3 aromatic rings. The first-order valence-electron chi connectivity index (χ1n) is 14.0. The molecule has 2 amide bonds. The smallest absolute Gasteiger partial charge is 0.293 e. The van der Waals surface area contributed by atoms with Crippen molar-refractivity contribution >= 4 is 34.6 Å². The van der Waals surface area contributed by atoms with Crippen LogP contribution in [0.4, 0.5) is 22.7 Å². The van der Waals surface area contributed by atoms with Crippen molar-refractivity contribution in [1.82, 2.24) is 4.90 Å². The Hall–Kier alpha value is -4.60. The Labute approximate surface area is 239 Å². The third-order valence-electron chi connectivity index (χ3n) is 7.95. The van der Waals surface area contributed by atoms with Crippen molar-refractivity contribution in [2.75, 3.05) is 61.5 Å². The van der Waals surface area contributed by atoms with Crippen LogP contribution in [0, 0.1) is 16.0 Å². The van der Waals surface area contributed by atoms with Crippen LogP contribution >= 0.6 is 0 Å². The Bertz CT molecular complexity index is 1390. The summed E-state index contributed by atoms with van der Waals surface area (Å²) in [7, 11) is 1.60. The highest BCUT2D eigenvalue weighted by molar-refractivity contribution is 6.05. The van der Waals surface area contributed by atoms with E-state index in [2.05, 4.69) is 17.1 Å². The van der Waals surface area contributed by atoms with Crippen molar-refractivity contribution in [1.29, 1.82) is 0 Å². The Morgan fingerprint density at radius 2 is 1.49 bits per heavy atom. The number of piperazine rings is 1. The fraction of sp³-hybridized carbons (Fsp3) is 0.355. The van der Waals surface area contributed by atoms with Gasteiger partial charge in [-0.05, 0) is 79.4 Å². The molecule has 10 nitrogen and oxygen atoms in total. The van der Waals surface area contributed by atoms with E-state index in [-0.39, 0.29) is 17.2 Å². The predicted molar refractivity (Wildman–Crippen MR) is 159 cm³/mol. The zero-order chi connectivity index (χ0) is 28.9. The van der Waals surface area contributed by atoms with Gasteiger partial charge in [-0.3, -0.25) is 19.7 Å². The predicted octanol–water partition coefficient (Wildman–Crippen LogP) is 5.05. The van der Waals surface area contributed by atoms with Crippen molar-refractivity contribution in [3.05, 3.63) is 88.0 Å². The van der Waals surface area contributed by atoms with Gasteiger partial charge in [-0.25, -0.2) is 0 Å². The maximum absolute atomic E-state index is 13.0. The maximum Gasteiger partial charge on any atom is 0.293 e. The fourth-order valence-corrected chi connectivity index (χ4v) is 5.37. The minimum Gasteiger partial charge on any atom is -0.497 e. The van der Waals surface area contributed by atoms with Crippen molar-refractivity contribution in [2.24, 2.45) is 5.92 Å². The number of rotatable bonds is 7. The number of anilines is 3. The van der Waals surface area contributed by atoms with E-state index in [0.717, 1.165) is 31.6 Å². The van der Waals surface area contributed by atoms with E-state index in [9.17, 15) is 19.7 Å². The highest BCUT2D eigenvalue weighted by Crippen LogP contribution is 2.32. The quantitative estimate of drug-likeness (QED) is 0.320. The molecule has 0 spiro atoms. The summed E-state index contributed by atoms with van der Waals surface area (Å²) in [5.74, 6) is 0.933. The average Bonchev–Trinajstić information content (AvgIpc) is 3.01. The van der Waals surface area contributed by atoms with Gasteiger partial charge in [-0.2, -0.15) is 0 Å². The number of nitrogens with zero attached hydrogens (tertiary/aromatic N) is 4. The molecule has 2 aliphatic rings. The third kappa shape index (κ3) is 6.42. The van der Waals surface area contributed by atoms with E-state index in [1.807, 2.05) is 34.1 Å². The lowest BCUT2D eigenvalue weighted by Gasteiger charge is -2.36. The van der Waals surface area contributed by atoms with Crippen LogP contribution in [-0.4, -0.2) is 68.0 Å². The van der Waals surface area contributed by atoms with E-state index < -0.39 is 10.8 Å². The van der Waals surface area contributed by atoms with Gasteiger partial charge in [-0.15, -0.1) is 0 Å². The number of nitrogens with one attached hydrogen (secondary N) is 1. The van der Waals surface area contributed by atoms with E-state index in [4.69, 9.17) is 4.74 Å². The second kappa shape index (κ2) is 12.3. The molecule has 0 radical (unpaired) electrons. The third-order valence-corrected chi connectivity index (χ3v) is 7.95. The first-order valence-corrected chi connectivity index (χ1v) is 14.0. The van der Waals surface area contributed by atoms with Gasteiger partial charge in [0.25, 0.3) is 17.5 Å². The number of benzene rings is 3. The molecule has 5 rings (SSSR count). The monoisotopic (exact) mass is 557 g/mol. The summed E-state index contributed by atoms with van der Waals surface area (Å²) < 4.78 is 5.17. The summed E-state index contributed by atoms with van der Waals surface area (Å²) in [5.41, 5.74) is 2.99. The first kappa shape index (κ1) is 27.9. The van der Waals surface area contributed by atoms with Gasteiger partial charge in [0.15, 0.2) is 0 Å². The number of hydrogen-bond acceptors (Lipinski definition) is 7. The zero-order valence-electron chi connectivity index (χ0n) is 23.4. The number of piperidine rings is 1. The molecule has 2 aliphatic heterocycles. The SMILES string of the molecule is COc1ccc(C(=O)N2CCN(c3ccc(NC(=O)c4ccc(N5CCC(C)CC5)c([N+](=O)[O-])c4)cc3)CC2)cc1. The molecule has 2 heterocycles. The van der Waals surface area contributed by atoms with Crippen LogP contribution in [0.2, 0.25) is 0 Å².